The summed E-state index contributed by atoms with van der Waals surface area (Å²) in [5, 5.41) is 9.04. The van der Waals surface area contributed by atoms with Crippen LogP contribution in [0.1, 0.15) is 38.2 Å². The Bertz CT molecular complexity index is 461. The number of hydrogen-bond donors (Lipinski definition) is 1. The Balaban J connectivity index is 2.22. The summed E-state index contributed by atoms with van der Waals surface area (Å²) in [6.07, 6.45) is 5.19. The normalized spacial score (nSPS) is 23.4. The Kier molecular flexibility index (Phi) is 3.76. The lowest BCUT2D eigenvalue weighted by Crippen LogP contribution is -2.39. The van der Waals surface area contributed by atoms with Crippen LogP contribution in [-0.4, -0.2) is 13.1 Å². The van der Waals surface area contributed by atoms with Gasteiger partial charge in [0.05, 0.1) is 5.56 Å². The van der Waals surface area contributed by atoms with Crippen LogP contribution in [0, 0.1) is 17.2 Å². The fourth-order valence-corrected chi connectivity index (χ4v) is 2.92. The third-order valence-electron chi connectivity index (χ3n) is 4.13. The van der Waals surface area contributed by atoms with Gasteiger partial charge in [0, 0.05) is 24.5 Å². The zero-order valence-corrected chi connectivity index (χ0v) is 11.2. The molecule has 1 aromatic rings. The summed E-state index contributed by atoms with van der Waals surface area (Å²) in [7, 11) is 2.12. The van der Waals surface area contributed by atoms with Crippen molar-refractivity contribution in [2.75, 3.05) is 17.7 Å². The van der Waals surface area contributed by atoms with Crippen molar-refractivity contribution in [3.63, 3.8) is 0 Å². The van der Waals surface area contributed by atoms with Crippen LogP contribution >= 0.6 is 0 Å². The molecule has 0 bridgehead atoms. The molecule has 1 fully saturated rings. The summed E-state index contributed by atoms with van der Waals surface area (Å²) in [6, 6.07) is 8.47. The molecule has 0 radical (unpaired) electrons. The van der Waals surface area contributed by atoms with Gasteiger partial charge in [-0.15, -0.1) is 0 Å². The summed E-state index contributed by atoms with van der Waals surface area (Å²) in [5.74, 6) is 0.715. The average Bonchev–Trinajstić information content (AvgIpc) is 2.39. The predicted molar refractivity (Wildman–Crippen MR) is 75.4 cm³/mol. The number of nitrogen functional groups attached to an aromatic ring is 1. The second-order valence-electron chi connectivity index (χ2n) is 5.32. The van der Waals surface area contributed by atoms with E-state index in [9.17, 15) is 0 Å². The van der Waals surface area contributed by atoms with Gasteiger partial charge in [-0.3, -0.25) is 0 Å². The summed E-state index contributed by atoms with van der Waals surface area (Å²) in [4.78, 5) is 2.31. The lowest BCUT2D eigenvalue weighted by atomic mass is 9.85. The van der Waals surface area contributed by atoms with Crippen LogP contribution in [0.3, 0.4) is 0 Å². The van der Waals surface area contributed by atoms with E-state index >= 15 is 0 Å². The van der Waals surface area contributed by atoms with E-state index in [-0.39, 0.29) is 0 Å². The molecule has 2 N–H and O–H groups in total. The quantitative estimate of drug-likeness (QED) is 0.812. The number of nitrogens with zero attached hydrogens (tertiary/aromatic N) is 2. The zero-order valence-electron chi connectivity index (χ0n) is 11.2. The van der Waals surface area contributed by atoms with Gasteiger partial charge in [-0.05, 0) is 37.0 Å². The summed E-state index contributed by atoms with van der Waals surface area (Å²) in [5.41, 5.74) is 8.00. The fraction of sp³-hybridized carbons (Fsp3) is 0.533. The maximum atomic E-state index is 9.04. The number of nitriles is 1. The highest BCUT2D eigenvalue weighted by atomic mass is 15.1. The monoisotopic (exact) mass is 243 g/mol. The smallest absolute Gasteiger partial charge is 0.101 e. The van der Waals surface area contributed by atoms with E-state index in [4.69, 9.17) is 11.0 Å². The Morgan fingerprint density at radius 3 is 2.72 bits per heavy atom. The van der Waals surface area contributed by atoms with E-state index in [2.05, 4.69) is 24.9 Å². The van der Waals surface area contributed by atoms with Crippen molar-refractivity contribution in [1.82, 2.24) is 0 Å². The van der Waals surface area contributed by atoms with Crippen molar-refractivity contribution in [2.24, 2.45) is 5.92 Å². The van der Waals surface area contributed by atoms with Crippen molar-refractivity contribution in [2.45, 2.75) is 38.6 Å². The zero-order chi connectivity index (χ0) is 13.1. The lowest BCUT2D eigenvalue weighted by Gasteiger charge is -2.37. The molecule has 2 atom stereocenters. The van der Waals surface area contributed by atoms with Crippen LogP contribution in [0.4, 0.5) is 11.4 Å². The minimum Gasteiger partial charge on any atom is -0.398 e. The molecular formula is C15H21N3. The molecule has 0 saturated heterocycles. The van der Waals surface area contributed by atoms with Crippen LogP contribution in [0.15, 0.2) is 18.2 Å². The van der Waals surface area contributed by atoms with Crippen molar-refractivity contribution in [3.8, 4) is 6.07 Å². The molecule has 0 aromatic heterocycles. The molecule has 1 aliphatic carbocycles. The molecule has 0 amide bonds. The molecule has 18 heavy (non-hydrogen) atoms. The average molecular weight is 243 g/mol. The van der Waals surface area contributed by atoms with Gasteiger partial charge in [0.1, 0.15) is 6.07 Å². The molecule has 2 rings (SSSR count). The minimum absolute atomic E-state index is 0.561. The Morgan fingerprint density at radius 2 is 2.06 bits per heavy atom. The van der Waals surface area contributed by atoms with E-state index in [1.165, 1.54) is 25.7 Å². The van der Waals surface area contributed by atoms with Gasteiger partial charge < -0.3 is 10.6 Å². The van der Waals surface area contributed by atoms with Crippen LogP contribution in [0.5, 0.6) is 0 Å². The molecule has 0 heterocycles. The molecule has 1 saturated carbocycles. The second-order valence-corrected chi connectivity index (χ2v) is 5.32. The van der Waals surface area contributed by atoms with Crippen LogP contribution < -0.4 is 10.6 Å². The van der Waals surface area contributed by atoms with Gasteiger partial charge in [-0.1, -0.05) is 19.8 Å². The Morgan fingerprint density at radius 1 is 1.33 bits per heavy atom. The molecule has 3 nitrogen and oxygen atoms in total. The first-order chi connectivity index (χ1) is 8.63. The number of hydrogen-bond acceptors (Lipinski definition) is 3. The predicted octanol–water partition coefficient (Wildman–Crippen LogP) is 3.16. The van der Waals surface area contributed by atoms with Gasteiger partial charge in [0.25, 0.3) is 0 Å². The standard InChI is InChI=1S/C15H21N3/c1-11-5-3-4-6-15(11)18(2)13-7-8-14(17)12(9-13)10-16/h7-9,11,15H,3-6,17H2,1-2H3. The molecule has 0 spiro atoms. The van der Waals surface area contributed by atoms with E-state index in [1.54, 1.807) is 0 Å². The van der Waals surface area contributed by atoms with Crippen molar-refractivity contribution in [3.05, 3.63) is 23.8 Å². The van der Waals surface area contributed by atoms with Gasteiger partial charge in [-0.2, -0.15) is 5.26 Å². The van der Waals surface area contributed by atoms with E-state index < -0.39 is 0 Å². The van der Waals surface area contributed by atoms with Gasteiger partial charge in [-0.25, -0.2) is 0 Å². The van der Waals surface area contributed by atoms with Crippen molar-refractivity contribution >= 4 is 11.4 Å². The highest BCUT2D eigenvalue weighted by Gasteiger charge is 2.25. The van der Waals surface area contributed by atoms with Gasteiger partial charge in [0.15, 0.2) is 0 Å². The SMILES string of the molecule is CC1CCCCC1N(C)c1ccc(N)c(C#N)c1. The van der Waals surface area contributed by atoms with Crippen LogP contribution in [-0.2, 0) is 0 Å². The van der Waals surface area contributed by atoms with Crippen molar-refractivity contribution < 1.29 is 0 Å². The first-order valence-corrected chi connectivity index (χ1v) is 6.66. The highest BCUT2D eigenvalue weighted by Crippen LogP contribution is 2.31. The second kappa shape index (κ2) is 5.30. The highest BCUT2D eigenvalue weighted by molar-refractivity contribution is 5.62. The molecular weight excluding hydrogens is 222 g/mol. The first kappa shape index (κ1) is 12.8. The third-order valence-corrected chi connectivity index (χ3v) is 4.13. The van der Waals surface area contributed by atoms with Crippen LogP contribution in [0.25, 0.3) is 0 Å². The van der Waals surface area contributed by atoms with Gasteiger partial charge in [0.2, 0.25) is 0 Å². The Hall–Kier alpha value is -1.69. The maximum absolute atomic E-state index is 9.04. The largest absolute Gasteiger partial charge is 0.398 e. The molecule has 3 heteroatoms. The summed E-state index contributed by atoms with van der Waals surface area (Å²) < 4.78 is 0. The van der Waals surface area contributed by atoms with E-state index in [0.29, 0.717) is 23.2 Å². The summed E-state index contributed by atoms with van der Waals surface area (Å²) in [6.45, 7) is 2.32. The van der Waals surface area contributed by atoms with Crippen LogP contribution in [0.2, 0.25) is 0 Å². The molecule has 2 unspecified atom stereocenters. The third kappa shape index (κ3) is 2.43. The maximum Gasteiger partial charge on any atom is 0.101 e. The molecule has 0 aliphatic heterocycles. The lowest BCUT2D eigenvalue weighted by molar-refractivity contribution is 0.321. The Labute approximate surface area is 109 Å². The summed E-state index contributed by atoms with van der Waals surface area (Å²) >= 11 is 0. The minimum atomic E-state index is 0.561. The first-order valence-electron chi connectivity index (χ1n) is 6.66. The molecule has 1 aliphatic rings. The number of benzene rings is 1. The topological polar surface area (TPSA) is 53.0 Å². The molecule has 1 aromatic carbocycles. The van der Waals surface area contributed by atoms with E-state index in [1.807, 2.05) is 18.2 Å². The van der Waals surface area contributed by atoms with E-state index in [0.717, 1.165) is 5.69 Å². The van der Waals surface area contributed by atoms with Crippen molar-refractivity contribution in [1.29, 1.82) is 5.26 Å². The molecule has 96 valence electrons. The number of rotatable bonds is 2. The number of nitrogens with two attached hydrogens (primary N) is 1. The van der Waals surface area contributed by atoms with Gasteiger partial charge >= 0.3 is 0 Å². The fourth-order valence-electron chi connectivity index (χ4n) is 2.92. The number of anilines is 2.